The first-order valence-electron chi connectivity index (χ1n) is 11.1. The minimum absolute atomic E-state index is 0.0345. The van der Waals surface area contributed by atoms with Crippen molar-refractivity contribution in [1.82, 2.24) is 0 Å². The van der Waals surface area contributed by atoms with E-state index in [2.05, 4.69) is 0 Å². The van der Waals surface area contributed by atoms with Gasteiger partial charge >= 0.3 is 0 Å². The van der Waals surface area contributed by atoms with Crippen LogP contribution in [0.3, 0.4) is 0 Å². The minimum atomic E-state index is -0.430. The topological polar surface area (TPSA) is 57.9 Å². The van der Waals surface area contributed by atoms with Crippen molar-refractivity contribution in [1.29, 1.82) is 0 Å². The number of halogens is 2. The molecule has 0 amide bonds. The highest BCUT2D eigenvalue weighted by molar-refractivity contribution is 6.31. The van der Waals surface area contributed by atoms with Gasteiger partial charge in [-0.05, 0) is 47.9 Å². The maximum atomic E-state index is 14.2. The summed E-state index contributed by atoms with van der Waals surface area (Å²) in [6.45, 7) is 2.96. The van der Waals surface area contributed by atoms with E-state index in [1.807, 2.05) is 13.0 Å². The quantitative estimate of drug-likeness (QED) is 0.313. The lowest BCUT2D eigenvalue weighted by atomic mass is 10.0. The van der Waals surface area contributed by atoms with Gasteiger partial charge in [0.15, 0.2) is 11.5 Å². The Hall–Kier alpha value is -3.51. The van der Waals surface area contributed by atoms with Crippen LogP contribution in [0.15, 0.2) is 64.0 Å². The standard InChI is InChI=1S/C27H22ClFO5/c1-2-4-17-11-18-25(13-24(17)33-15-20-21(28)5-3-6-22(20)29)34-14-19(27(18)30)16-7-8-23-26(12-16)32-10-9-31-23/h3,5-8,11-14H,2,4,9-10,15H2,1H3. The van der Waals surface area contributed by atoms with Crippen molar-refractivity contribution in [3.63, 3.8) is 0 Å². The van der Waals surface area contributed by atoms with E-state index in [1.54, 1.807) is 36.4 Å². The molecule has 0 aliphatic carbocycles. The van der Waals surface area contributed by atoms with Crippen LogP contribution in [0, 0.1) is 5.82 Å². The van der Waals surface area contributed by atoms with E-state index < -0.39 is 5.82 Å². The molecule has 1 aliphatic rings. The van der Waals surface area contributed by atoms with Gasteiger partial charge in [0, 0.05) is 11.6 Å². The first kappa shape index (κ1) is 22.3. The summed E-state index contributed by atoms with van der Waals surface area (Å²) in [4.78, 5) is 13.4. The van der Waals surface area contributed by atoms with Gasteiger partial charge in [-0.15, -0.1) is 0 Å². The van der Waals surface area contributed by atoms with Crippen LogP contribution in [0.1, 0.15) is 24.5 Å². The van der Waals surface area contributed by atoms with Crippen LogP contribution in [-0.2, 0) is 13.0 Å². The van der Waals surface area contributed by atoms with Crippen molar-refractivity contribution in [3.05, 3.63) is 87.0 Å². The summed E-state index contributed by atoms with van der Waals surface area (Å²) >= 11 is 6.14. The molecule has 0 saturated carbocycles. The molecule has 0 bridgehead atoms. The monoisotopic (exact) mass is 480 g/mol. The maximum Gasteiger partial charge on any atom is 0.200 e. The van der Waals surface area contributed by atoms with E-state index in [0.29, 0.717) is 64.0 Å². The molecular weight excluding hydrogens is 459 g/mol. The van der Waals surface area contributed by atoms with E-state index in [1.165, 1.54) is 12.3 Å². The van der Waals surface area contributed by atoms with Gasteiger partial charge in [-0.1, -0.05) is 37.1 Å². The van der Waals surface area contributed by atoms with Crippen LogP contribution in [0.5, 0.6) is 17.2 Å². The maximum absolute atomic E-state index is 14.2. The molecule has 0 N–H and O–H groups in total. The molecule has 5 rings (SSSR count). The molecular formula is C27H22ClFO5. The van der Waals surface area contributed by atoms with Gasteiger partial charge < -0.3 is 18.6 Å². The summed E-state index contributed by atoms with van der Waals surface area (Å²) < 4.78 is 37.2. The van der Waals surface area contributed by atoms with Crippen LogP contribution >= 0.6 is 11.6 Å². The third kappa shape index (κ3) is 4.21. The average Bonchev–Trinajstić information content (AvgIpc) is 2.84. The van der Waals surface area contributed by atoms with Crippen LogP contribution in [0.4, 0.5) is 4.39 Å². The van der Waals surface area contributed by atoms with Crippen molar-refractivity contribution in [2.45, 2.75) is 26.4 Å². The summed E-state index contributed by atoms with van der Waals surface area (Å²) in [5.74, 6) is 1.36. The first-order chi connectivity index (χ1) is 16.5. The molecule has 1 aromatic heterocycles. The summed E-state index contributed by atoms with van der Waals surface area (Å²) in [6.07, 6.45) is 2.96. The number of hydrogen-bond donors (Lipinski definition) is 0. The zero-order valence-electron chi connectivity index (χ0n) is 18.5. The Morgan fingerprint density at radius 1 is 1.06 bits per heavy atom. The van der Waals surface area contributed by atoms with Gasteiger partial charge in [0.1, 0.15) is 43.2 Å². The molecule has 7 heteroatoms. The van der Waals surface area contributed by atoms with Crippen molar-refractivity contribution in [2.24, 2.45) is 0 Å². The number of hydrogen-bond acceptors (Lipinski definition) is 5. The lowest BCUT2D eigenvalue weighted by Crippen LogP contribution is -2.15. The third-order valence-corrected chi connectivity index (χ3v) is 6.12. The van der Waals surface area contributed by atoms with Crippen molar-refractivity contribution in [2.75, 3.05) is 13.2 Å². The molecule has 34 heavy (non-hydrogen) atoms. The smallest absolute Gasteiger partial charge is 0.200 e. The average molecular weight is 481 g/mol. The Bertz CT molecular complexity index is 1410. The molecule has 2 heterocycles. The number of rotatable bonds is 6. The molecule has 0 spiro atoms. The SMILES string of the molecule is CCCc1cc2c(=O)c(-c3ccc4c(c3)OCCO4)coc2cc1OCc1c(F)cccc1Cl. The van der Waals surface area contributed by atoms with Crippen molar-refractivity contribution < 1.29 is 23.0 Å². The second-order valence-electron chi connectivity index (χ2n) is 8.03. The Balaban J connectivity index is 1.53. The minimum Gasteiger partial charge on any atom is -0.488 e. The fourth-order valence-corrected chi connectivity index (χ4v) is 4.25. The zero-order chi connectivity index (χ0) is 23.7. The highest BCUT2D eigenvalue weighted by atomic mass is 35.5. The van der Waals surface area contributed by atoms with Gasteiger partial charge in [-0.25, -0.2) is 4.39 Å². The van der Waals surface area contributed by atoms with Crippen LogP contribution < -0.4 is 19.6 Å². The van der Waals surface area contributed by atoms with E-state index >= 15 is 0 Å². The van der Waals surface area contributed by atoms with Gasteiger partial charge in [0.05, 0.1) is 16.0 Å². The summed E-state index contributed by atoms with van der Waals surface area (Å²) in [6, 6.07) is 13.4. The number of benzene rings is 3. The Kier molecular flexibility index (Phi) is 6.16. The normalized spacial score (nSPS) is 12.7. The van der Waals surface area contributed by atoms with E-state index in [4.69, 9.17) is 30.2 Å². The number of ether oxygens (including phenoxy) is 3. The van der Waals surface area contributed by atoms with Gasteiger partial charge in [0.25, 0.3) is 0 Å². The fourth-order valence-electron chi connectivity index (χ4n) is 4.03. The number of fused-ring (bicyclic) bond motifs is 2. The first-order valence-corrected chi connectivity index (χ1v) is 11.5. The second-order valence-corrected chi connectivity index (χ2v) is 8.44. The highest BCUT2D eigenvalue weighted by Gasteiger charge is 2.17. The Morgan fingerprint density at radius 3 is 2.68 bits per heavy atom. The summed E-state index contributed by atoms with van der Waals surface area (Å²) in [5, 5.41) is 0.751. The van der Waals surface area contributed by atoms with Gasteiger partial charge in [-0.2, -0.15) is 0 Å². The molecule has 174 valence electrons. The largest absolute Gasteiger partial charge is 0.488 e. The van der Waals surface area contributed by atoms with Crippen LogP contribution in [0.25, 0.3) is 22.1 Å². The molecule has 3 aromatic carbocycles. The molecule has 0 saturated heterocycles. The summed E-state index contributed by atoms with van der Waals surface area (Å²) in [7, 11) is 0. The van der Waals surface area contributed by atoms with Gasteiger partial charge in [-0.3, -0.25) is 4.79 Å². The molecule has 0 atom stereocenters. The predicted octanol–water partition coefficient (Wildman–Crippen LogP) is 6.56. The Labute approximate surface area is 200 Å². The molecule has 1 aliphatic heterocycles. The fraction of sp³-hybridized carbons (Fsp3) is 0.222. The molecule has 4 aromatic rings. The highest BCUT2D eigenvalue weighted by Crippen LogP contribution is 2.35. The van der Waals surface area contributed by atoms with Gasteiger partial charge in [0.2, 0.25) is 5.43 Å². The number of aryl methyl sites for hydroxylation is 1. The van der Waals surface area contributed by atoms with E-state index in [0.717, 1.165) is 12.0 Å². The van der Waals surface area contributed by atoms with Crippen LogP contribution in [-0.4, -0.2) is 13.2 Å². The second kappa shape index (κ2) is 9.39. The third-order valence-electron chi connectivity index (χ3n) is 5.76. The van der Waals surface area contributed by atoms with Crippen molar-refractivity contribution in [3.8, 4) is 28.4 Å². The van der Waals surface area contributed by atoms with E-state index in [9.17, 15) is 9.18 Å². The molecule has 0 fully saturated rings. The lowest BCUT2D eigenvalue weighted by Gasteiger charge is -2.18. The zero-order valence-corrected chi connectivity index (χ0v) is 19.3. The molecule has 0 radical (unpaired) electrons. The van der Waals surface area contributed by atoms with Crippen molar-refractivity contribution >= 4 is 22.6 Å². The Morgan fingerprint density at radius 2 is 1.88 bits per heavy atom. The summed E-state index contributed by atoms with van der Waals surface area (Å²) in [5.41, 5.74) is 2.47. The van der Waals surface area contributed by atoms with Crippen LogP contribution in [0.2, 0.25) is 5.02 Å². The predicted molar refractivity (Wildman–Crippen MR) is 129 cm³/mol. The molecule has 0 unspecified atom stereocenters. The van der Waals surface area contributed by atoms with E-state index in [-0.39, 0.29) is 17.6 Å². The molecule has 5 nitrogen and oxygen atoms in total. The lowest BCUT2D eigenvalue weighted by molar-refractivity contribution is 0.171.